The maximum atomic E-state index is 13.2. The van der Waals surface area contributed by atoms with Crippen molar-refractivity contribution >= 4 is 22.4 Å². The predicted molar refractivity (Wildman–Crippen MR) is 122 cm³/mol. The fourth-order valence-electron chi connectivity index (χ4n) is 3.69. The Morgan fingerprint density at radius 3 is 2.37 bits per heavy atom. The minimum atomic E-state index is -0.493. The largest absolute Gasteiger partial charge is 0.508 e. The second-order valence-corrected chi connectivity index (χ2v) is 7.48. The Bertz CT molecular complexity index is 1190. The lowest BCUT2D eigenvalue weighted by Gasteiger charge is -2.23. The summed E-state index contributed by atoms with van der Waals surface area (Å²) in [6, 6.07) is 28.2. The number of hydrogen-bond donors (Lipinski definition) is 2. The van der Waals surface area contributed by atoms with Crippen molar-refractivity contribution in [1.29, 1.82) is 0 Å². The Labute approximate surface area is 176 Å². The van der Waals surface area contributed by atoms with Crippen molar-refractivity contribution in [3.05, 3.63) is 108 Å². The van der Waals surface area contributed by atoms with E-state index in [1.165, 1.54) is 0 Å². The molecule has 4 heteroatoms. The first-order valence-corrected chi connectivity index (χ1v) is 9.88. The van der Waals surface area contributed by atoms with Gasteiger partial charge in [0, 0.05) is 30.9 Å². The van der Waals surface area contributed by atoms with Gasteiger partial charge in [-0.2, -0.15) is 0 Å². The third-order valence-electron chi connectivity index (χ3n) is 5.27. The summed E-state index contributed by atoms with van der Waals surface area (Å²) in [5.41, 5.74) is 3.12. The molecule has 0 spiro atoms. The van der Waals surface area contributed by atoms with E-state index in [1.807, 2.05) is 97.9 Å². The highest BCUT2D eigenvalue weighted by atomic mass is 16.3. The summed E-state index contributed by atoms with van der Waals surface area (Å²) in [7, 11) is 3.88. The van der Waals surface area contributed by atoms with E-state index in [1.54, 1.807) is 12.1 Å². The van der Waals surface area contributed by atoms with Crippen molar-refractivity contribution in [2.24, 2.45) is 0 Å². The number of anilines is 1. The van der Waals surface area contributed by atoms with Gasteiger partial charge >= 0.3 is 0 Å². The minimum absolute atomic E-state index is 0.157. The van der Waals surface area contributed by atoms with E-state index in [0.717, 1.165) is 22.0 Å². The molecule has 0 saturated heterocycles. The standard InChI is InChI=1S/C26H24N2O2/c1-28(2)21-13-8-12-20(17-21)26(30)27-25(19-10-4-3-5-11-19)24-22-14-7-6-9-18(22)15-16-23(24)29/h3-17,25,29H,1-2H3,(H,27,30)/t25-/m0/s1. The van der Waals surface area contributed by atoms with Gasteiger partial charge in [-0.15, -0.1) is 0 Å². The number of benzene rings is 4. The zero-order chi connectivity index (χ0) is 21.1. The molecule has 4 rings (SSSR count). The van der Waals surface area contributed by atoms with Crippen molar-refractivity contribution in [3.63, 3.8) is 0 Å². The highest BCUT2D eigenvalue weighted by Crippen LogP contribution is 2.36. The first-order valence-electron chi connectivity index (χ1n) is 9.88. The molecule has 0 aliphatic carbocycles. The number of nitrogens with one attached hydrogen (secondary N) is 1. The summed E-state index contributed by atoms with van der Waals surface area (Å²) in [5, 5.41) is 15.9. The van der Waals surface area contributed by atoms with Crippen LogP contribution in [0.4, 0.5) is 5.69 Å². The van der Waals surface area contributed by atoms with Crippen LogP contribution in [0.15, 0.2) is 91.0 Å². The van der Waals surface area contributed by atoms with Crippen LogP contribution in [-0.2, 0) is 0 Å². The number of carbonyl (C=O) groups excluding carboxylic acids is 1. The molecular formula is C26H24N2O2. The van der Waals surface area contributed by atoms with Crippen LogP contribution in [0.25, 0.3) is 10.8 Å². The SMILES string of the molecule is CN(C)c1cccc(C(=O)N[C@@H](c2ccccc2)c2c(O)ccc3ccccc23)c1. The number of phenols is 1. The molecule has 0 aliphatic heterocycles. The van der Waals surface area contributed by atoms with Gasteiger partial charge in [0.05, 0.1) is 6.04 Å². The van der Waals surface area contributed by atoms with Gasteiger partial charge in [-0.1, -0.05) is 66.7 Å². The highest BCUT2D eigenvalue weighted by molar-refractivity contribution is 5.96. The number of amides is 1. The van der Waals surface area contributed by atoms with Crippen molar-refractivity contribution in [2.45, 2.75) is 6.04 Å². The summed E-state index contributed by atoms with van der Waals surface area (Å²) in [5.74, 6) is -0.0372. The van der Waals surface area contributed by atoms with Gasteiger partial charge in [-0.3, -0.25) is 4.79 Å². The Balaban J connectivity index is 1.81. The molecule has 0 bridgehead atoms. The van der Waals surface area contributed by atoms with Crippen LogP contribution in [-0.4, -0.2) is 25.1 Å². The number of hydrogen-bond acceptors (Lipinski definition) is 3. The van der Waals surface area contributed by atoms with E-state index in [2.05, 4.69) is 5.32 Å². The van der Waals surface area contributed by atoms with Gasteiger partial charge in [-0.05, 0) is 40.6 Å². The zero-order valence-corrected chi connectivity index (χ0v) is 17.0. The fourth-order valence-corrected chi connectivity index (χ4v) is 3.69. The summed E-state index contributed by atoms with van der Waals surface area (Å²) >= 11 is 0. The topological polar surface area (TPSA) is 52.6 Å². The summed E-state index contributed by atoms with van der Waals surface area (Å²) in [6.07, 6.45) is 0. The summed E-state index contributed by atoms with van der Waals surface area (Å²) in [4.78, 5) is 15.2. The van der Waals surface area contributed by atoms with Crippen molar-refractivity contribution < 1.29 is 9.90 Å². The fraction of sp³-hybridized carbons (Fsp3) is 0.115. The van der Waals surface area contributed by atoms with E-state index in [-0.39, 0.29) is 11.7 Å². The van der Waals surface area contributed by atoms with E-state index >= 15 is 0 Å². The molecule has 4 nitrogen and oxygen atoms in total. The monoisotopic (exact) mass is 396 g/mol. The van der Waals surface area contributed by atoms with Crippen LogP contribution in [0.5, 0.6) is 5.75 Å². The van der Waals surface area contributed by atoms with Crippen LogP contribution < -0.4 is 10.2 Å². The highest BCUT2D eigenvalue weighted by Gasteiger charge is 2.23. The number of aromatic hydroxyl groups is 1. The number of carbonyl (C=O) groups is 1. The second kappa shape index (κ2) is 8.29. The molecule has 30 heavy (non-hydrogen) atoms. The van der Waals surface area contributed by atoms with Gasteiger partial charge < -0.3 is 15.3 Å². The minimum Gasteiger partial charge on any atom is -0.508 e. The maximum absolute atomic E-state index is 13.2. The molecule has 0 fully saturated rings. The van der Waals surface area contributed by atoms with Crippen molar-refractivity contribution in [3.8, 4) is 5.75 Å². The molecule has 4 aromatic carbocycles. The smallest absolute Gasteiger partial charge is 0.252 e. The Hall–Kier alpha value is -3.79. The molecule has 0 unspecified atom stereocenters. The predicted octanol–water partition coefficient (Wildman–Crippen LogP) is 5.13. The number of phenolic OH excluding ortho intramolecular Hbond substituents is 1. The Kier molecular flexibility index (Phi) is 5.40. The summed E-state index contributed by atoms with van der Waals surface area (Å²) in [6.45, 7) is 0. The molecule has 0 radical (unpaired) electrons. The van der Waals surface area contributed by atoms with E-state index in [9.17, 15) is 9.90 Å². The van der Waals surface area contributed by atoms with E-state index in [0.29, 0.717) is 11.1 Å². The van der Waals surface area contributed by atoms with Crippen molar-refractivity contribution in [1.82, 2.24) is 5.32 Å². The Morgan fingerprint density at radius 1 is 0.867 bits per heavy atom. The van der Waals surface area contributed by atoms with Crippen LogP contribution in [0.2, 0.25) is 0 Å². The number of nitrogens with zero attached hydrogens (tertiary/aromatic N) is 1. The second-order valence-electron chi connectivity index (χ2n) is 7.48. The van der Waals surface area contributed by atoms with Crippen LogP contribution in [0.3, 0.4) is 0 Å². The van der Waals surface area contributed by atoms with Gasteiger partial charge in [-0.25, -0.2) is 0 Å². The molecule has 0 heterocycles. The van der Waals surface area contributed by atoms with Crippen LogP contribution in [0, 0.1) is 0 Å². The van der Waals surface area contributed by atoms with E-state index < -0.39 is 6.04 Å². The lowest BCUT2D eigenvalue weighted by atomic mass is 9.92. The van der Waals surface area contributed by atoms with Crippen LogP contribution in [0.1, 0.15) is 27.5 Å². The van der Waals surface area contributed by atoms with Gasteiger partial charge in [0.2, 0.25) is 0 Å². The first-order chi connectivity index (χ1) is 14.5. The number of fused-ring (bicyclic) bond motifs is 1. The average Bonchev–Trinajstić information content (AvgIpc) is 2.78. The zero-order valence-electron chi connectivity index (χ0n) is 17.0. The molecule has 1 amide bonds. The lowest BCUT2D eigenvalue weighted by Crippen LogP contribution is -2.29. The van der Waals surface area contributed by atoms with Gasteiger partial charge in [0.25, 0.3) is 5.91 Å². The summed E-state index contributed by atoms with van der Waals surface area (Å²) < 4.78 is 0. The molecule has 0 saturated carbocycles. The van der Waals surface area contributed by atoms with Crippen molar-refractivity contribution in [2.75, 3.05) is 19.0 Å². The maximum Gasteiger partial charge on any atom is 0.252 e. The Morgan fingerprint density at radius 2 is 1.60 bits per heavy atom. The molecule has 2 N–H and O–H groups in total. The molecule has 150 valence electrons. The van der Waals surface area contributed by atoms with E-state index in [4.69, 9.17) is 0 Å². The normalized spacial score (nSPS) is 11.8. The molecule has 0 aliphatic rings. The quantitative estimate of drug-likeness (QED) is 0.492. The third kappa shape index (κ3) is 3.85. The molecule has 0 aromatic heterocycles. The van der Waals surface area contributed by atoms with Gasteiger partial charge in [0.1, 0.15) is 5.75 Å². The van der Waals surface area contributed by atoms with Crippen LogP contribution >= 0.6 is 0 Å². The molecule has 1 atom stereocenters. The first kappa shape index (κ1) is 19.5. The number of rotatable bonds is 5. The lowest BCUT2D eigenvalue weighted by molar-refractivity contribution is 0.0943. The van der Waals surface area contributed by atoms with Gasteiger partial charge in [0.15, 0.2) is 0 Å². The average molecular weight is 396 g/mol. The molecule has 4 aromatic rings. The third-order valence-corrected chi connectivity index (χ3v) is 5.27. The molecular weight excluding hydrogens is 372 g/mol.